The van der Waals surface area contributed by atoms with Gasteiger partial charge in [0, 0.05) is 6.04 Å². The lowest BCUT2D eigenvalue weighted by Crippen LogP contribution is -2.44. The summed E-state index contributed by atoms with van der Waals surface area (Å²) >= 11 is 1.49. The number of hydrogen-bond acceptors (Lipinski definition) is 3. The van der Waals surface area contributed by atoms with Crippen LogP contribution in [0.3, 0.4) is 0 Å². The SMILES string of the molecule is O=C(CN1C(=O)CSC=C1c1ccccc1)NC1CCCCCC1. The van der Waals surface area contributed by atoms with Crippen LogP contribution in [0.4, 0.5) is 0 Å². The van der Waals surface area contributed by atoms with Gasteiger partial charge < -0.3 is 10.2 Å². The predicted octanol–water partition coefficient (Wildman–Crippen LogP) is 3.40. The molecule has 0 saturated heterocycles. The van der Waals surface area contributed by atoms with E-state index in [1.54, 1.807) is 4.90 Å². The van der Waals surface area contributed by atoms with E-state index in [2.05, 4.69) is 5.32 Å². The second-order valence-electron chi connectivity index (χ2n) is 6.42. The Morgan fingerprint density at radius 1 is 1.12 bits per heavy atom. The molecule has 24 heavy (non-hydrogen) atoms. The van der Waals surface area contributed by atoms with Gasteiger partial charge in [-0.2, -0.15) is 0 Å². The van der Waals surface area contributed by atoms with Crippen molar-refractivity contribution in [2.75, 3.05) is 12.3 Å². The second-order valence-corrected chi connectivity index (χ2v) is 7.27. The van der Waals surface area contributed by atoms with E-state index in [1.165, 1.54) is 37.4 Å². The number of rotatable bonds is 4. The number of nitrogens with one attached hydrogen (secondary N) is 1. The molecule has 128 valence electrons. The van der Waals surface area contributed by atoms with Gasteiger partial charge in [-0.3, -0.25) is 9.59 Å². The summed E-state index contributed by atoms with van der Waals surface area (Å²) in [6, 6.07) is 10.1. The molecule has 1 fully saturated rings. The summed E-state index contributed by atoms with van der Waals surface area (Å²) in [6.45, 7) is 0.108. The molecule has 5 heteroatoms. The van der Waals surface area contributed by atoms with Gasteiger partial charge in [0.2, 0.25) is 11.8 Å². The molecule has 1 saturated carbocycles. The van der Waals surface area contributed by atoms with Crippen LogP contribution in [0, 0.1) is 0 Å². The lowest BCUT2D eigenvalue weighted by atomic mass is 10.1. The first-order valence-electron chi connectivity index (χ1n) is 8.71. The topological polar surface area (TPSA) is 49.4 Å². The highest BCUT2D eigenvalue weighted by Crippen LogP contribution is 2.28. The van der Waals surface area contributed by atoms with Crippen molar-refractivity contribution in [3.05, 3.63) is 41.3 Å². The van der Waals surface area contributed by atoms with E-state index in [1.807, 2.05) is 35.7 Å². The quantitative estimate of drug-likeness (QED) is 0.852. The fourth-order valence-electron chi connectivity index (χ4n) is 3.31. The van der Waals surface area contributed by atoms with Crippen LogP contribution in [-0.2, 0) is 9.59 Å². The van der Waals surface area contributed by atoms with E-state index >= 15 is 0 Å². The molecule has 0 atom stereocenters. The van der Waals surface area contributed by atoms with Crippen molar-refractivity contribution in [3.8, 4) is 0 Å². The van der Waals surface area contributed by atoms with Crippen molar-refractivity contribution in [3.63, 3.8) is 0 Å². The van der Waals surface area contributed by atoms with Gasteiger partial charge in [0.1, 0.15) is 6.54 Å². The maximum atomic E-state index is 12.5. The first kappa shape index (κ1) is 17.1. The maximum Gasteiger partial charge on any atom is 0.240 e. The third-order valence-electron chi connectivity index (χ3n) is 4.59. The number of nitrogens with zero attached hydrogens (tertiary/aromatic N) is 1. The zero-order valence-electron chi connectivity index (χ0n) is 13.9. The van der Waals surface area contributed by atoms with Gasteiger partial charge >= 0.3 is 0 Å². The minimum atomic E-state index is -0.0519. The average Bonchev–Trinajstić information content (AvgIpc) is 2.86. The molecule has 0 bridgehead atoms. The summed E-state index contributed by atoms with van der Waals surface area (Å²) in [5.41, 5.74) is 1.80. The Morgan fingerprint density at radius 3 is 2.54 bits per heavy atom. The Hall–Kier alpha value is -1.75. The monoisotopic (exact) mass is 344 g/mol. The number of carbonyl (C=O) groups excluding carboxylic acids is 2. The highest BCUT2D eigenvalue weighted by atomic mass is 32.2. The number of amides is 2. The lowest BCUT2D eigenvalue weighted by molar-refractivity contribution is -0.131. The zero-order chi connectivity index (χ0) is 16.8. The van der Waals surface area contributed by atoms with Gasteiger partial charge in [-0.25, -0.2) is 0 Å². The Balaban J connectivity index is 1.66. The molecule has 0 aromatic heterocycles. The van der Waals surface area contributed by atoms with Gasteiger partial charge in [0.15, 0.2) is 0 Å². The molecule has 0 unspecified atom stereocenters. The largest absolute Gasteiger partial charge is 0.352 e. The van der Waals surface area contributed by atoms with Crippen LogP contribution in [0.5, 0.6) is 0 Å². The molecular weight excluding hydrogens is 320 g/mol. The van der Waals surface area contributed by atoms with Crippen LogP contribution in [0.2, 0.25) is 0 Å². The molecule has 1 aromatic rings. The highest BCUT2D eigenvalue weighted by molar-refractivity contribution is 8.03. The summed E-state index contributed by atoms with van der Waals surface area (Å²) in [5, 5.41) is 5.11. The molecule has 1 aromatic carbocycles. The fourth-order valence-corrected chi connectivity index (χ4v) is 4.12. The van der Waals surface area contributed by atoms with Crippen LogP contribution >= 0.6 is 11.8 Å². The Kier molecular flexibility index (Phi) is 5.96. The first-order chi connectivity index (χ1) is 11.7. The smallest absolute Gasteiger partial charge is 0.240 e. The Labute approximate surface area is 147 Å². The summed E-state index contributed by atoms with van der Waals surface area (Å²) in [4.78, 5) is 26.4. The van der Waals surface area contributed by atoms with Gasteiger partial charge in [-0.05, 0) is 23.8 Å². The zero-order valence-corrected chi connectivity index (χ0v) is 14.7. The summed E-state index contributed by atoms with van der Waals surface area (Å²) in [5.74, 6) is 0.342. The van der Waals surface area contributed by atoms with Crippen LogP contribution in [0.15, 0.2) is 35.7 Å². The third-order valence-corrected chi connectivity index (χ3v) is 5.39. The van der Waals surface area contributed by atoms with Gasteiger partial charge in [0.05, 0.1) is 11.4 Å². The summed E-state index contributed by atoms with van der Waals surface area (Å²) in [6.07, 6.45) is 6.98. The molecule has 1 aliphatic heterocycles. The summed E-state index contributed by atoms with van der Waals surface area (Å²) < 4.78 is 0. The van der Waals surface area contributed by atoms with Gasteiger partial charge in [0.25, 0.3) is 0 Å². The normalized spacial score (nSPS) is 19.6. The molecule has 1 N–H and O–H groups in total. The molecule has 0 spiro atoms. The van der Waals surface area contributed by atoms with Crippen molar-refractivity contribution in [1.82, 2.24) is 10.2 Å². The second kappa shape index (κ2) is 8.38. The molecule has 1 heterocycles. The van der Waals surface area contributed by atoms with Crippen molar-refractivity contribution in [2.45, 2.75) is 44.6 Å². The van der Waals surface area contributed by atoms with Crippen molar-refractivity contribution in [2.24, 2.45) is 0 Å². The van der Waals surface area contributed by atoms with Gasteiger partial charge in [-0.1, -0.05) is 56.0 Å². The van der Waals surface area contributed by atoms with Gasteiger partial charge in [-0.15, -0.1) is 11.8 Å². The van der Waals surface area contributed by atoms with E-state index in [0.29, 0.717) is 5.75 Å². The highest BCUT2D eigenvalue weighted by Gasteiger charge is 2.26. The molecule has 1 aliphatic carbocycles. The van der Waals surface area contributed by atoms with Crippen molar-refractivity contribution < 1.29 is 9.59 Å². The predicted molar refractivity (Wildman–Crippen MR) is 98.2 cm³/mol. The lowest BCUT2D eigenvalue weighted by Gasteiger charge is -2.29. The number of benzene rings is 1. The van der Waals surface area contributed by atoms with E-state index in [-0.39, 0.29) is 24.4 Å². The average molecular weight is 344 g/mol. The van der Waals surface area contributed by atoms with E-state index in [9.17, 15) is 9.59 Å². The van der Waals surface area contributed by atoms with Crippen LogP contribution in [0.25, 0.3) is 5.70 Å². The first-order valence-corrected chi connectivity index (χ1v) is 9.76. The van der Waals surface area contributed by atoms with E-state index < -0.39 is 0 Å². The van der Waals surface area contributed by atoms with Crippen molar-refractivity contribution in [1.29, 1.82) is 0 Å². The Morgan fingerprint density at radius 2 is 1.83 bits per heavy atom. The Bertz CT molecular complexity index is 607. The van der Waals surface area contributed by atoms with E-state index in [4.69, 9.17) is 0 Å². The van der Waals surface area contributed by atoms with Crippen LogP contribution in [0.1, 0.15) is 44.1 Å². The maximum absolute atomic E-state index is 12.5. The third kappa shape index (κ3) is 4.41. The van der Waals surface area contributed by atoms with Crippen molar-refractivity contribution >= 4 is 29.3 Å². The number of hydrogen-bond donors (Lipinski definition) is 1. The minimum absolute atomic E-state index is 0.00244. The molecule has 3 rings (SSSR count). The molecule has 2 aliphatic rings. The molecule has 0 radical (unpaired) electrons. The number of thioether (sulfide) groups is 1. The summed E-state index contributed by atoms with van der Waals surface area (Å²) in [7, 11) is 0. The van der Waals surface area contributed by atoms with E-state index in [0.717, 1.165) is 24.1 Å². The fraction of sp³-hybridized carbons (Fsp3) is 0.474. The molecule has 4 nitrogen and oxygen atoms in total. The minimum Gasteiger partial charge on any atom is -0.352 e. The van der Waals surface area contributed by atoms with Crippen LogP contribution in [-0.4, -0.2) is 35.1 Å². The molecular formula is C19H24N2O2S. The van der Waals surface area contributed by atoms with Crippen LogP contribution < -0.4 is 5.32 Å². The number of carbonyl (C=O) groups is 2. The standard InChI is InChI=1S/C19H24N2O2S/c22-18(20-16-10-6-1-2-7-11-16)12-21-17(13-24-14-19(21)23)15-8-4-3-5-9-15/h3-5,8-9,13,16H,1-2,6-7,10-12,14H2,(H,20,22). The molecule has 2 amide bonds.